The number of hydrogen-bond acceptors (Lipinski definition) is 5. The van der Waals surface area contributed by atoms with Gasteiger partial charge in [0.25, 0.3) is 5.91 Å². The maximum absolute atomic E-state index is 12.4. The van der Waals surface area contributed by atoms with Gasteiger partial charge in [0.15, 0.2) is 11.5 Å². The van der Waals surface area contributed by atoms with Crippen LogP contribution in [0.5, 0.6) is 11.5 Å². The highest BCUT2D eigenvalue weighted by atomic mass is 16.6. The second kappa shape index (κ2) is 6.91. The molecule has 8 heteroatoms. The molecule has 0 atom stereocenters. The highest BCUT2D eigenvalue weighted by Crippen LogP contribution is 2.31. The van der Waals surface area contributed by atoms with Crippen molar-refractivity contribution >= 4 is 29.7 Å². The Morgan fingerprint density at radius 3 is 2.40 bits per heavy atom. The lowest BCUT2D eigenvalue weighted by Gasteiger charge is -2.18. The van der Waals surface area contributed by atoms with Gasteiger partial charge in [0.05, 0.1) is 5.56 Å². The molecule has 25 heavy (non-hydrogen) atoms. The lowest BCUT2D eigenvalue weighted by molar-refractivity contribution is -0.105. The van der Waals surface area contributed by atoms with Crippen LogP contribution >= 0.6 is 0 Å². The topological polar surface area (TPSA) is 114 Å². The van der Waals surface area contributed by atoms with Gasteiger partial charge in [-0.15, -0.1) is 0 Å². The second-order valence-corrected chi connectivity index (χ2v) is 5.18. The van der Waals surface area contributed by atoms with Crippen LogP contribution in [-0.2, 0) is 4.79 Å². The highest BCUT2D eigenvalue weighted by molar-refractivity contribution is 6.05. The predicted octanol–water partition coefficient (Wildman–Crippen LogP) is 1.98. The Kier molecular flexibility index (Phi) is 4.51. The summed E-state index contributed by atoms with van der Waals surface area (Å²) in [5.41, 5.74) is 0.760. The molecule has 2 amide bonds. The van der Waals surface area contributed by atoms with Gasteiger partial charge >= 0.3 is 5.97 Å². The Morgan fingerprint density at radius 1 is 0.960 bits per heavy atom. The van der Waals surface area contributed by atoms with Crippen molar-refractivity contribution in [1.29, 1.82) is 0 Å². The van der Waals surface area contributed by atoms with Gasteiger partial charge in [-0.1, -0.05) is 0 Å². The van der Waals surface area contributed by atoms with Gasteiger partial charge in [0.1, 0.15) is 13.2 Å². The summed E-state index contributed by atoms with van der Waals surface area (Å²) in [6.07, 6.45) is 0.424. The standard InChI is InChI=1S/C17H14N2O6/c20-9-18-12-5-11(17(22)23)6-13(8-12)19-16(21)10-1-2-14-15(7-10)25-4-3-24-14/h1-2,5-9H,3-4H2,(H,18,20)(H,19,21)(H,22,23). The molecule has 2 aromatic rings. The molecule has 1 aliphatic heterocycles. The molecule has 1 heterocycles. The van der Waals surface area contributed by atoms with Gasteiger partial charge in [-0.2, -0.15) is 0 Å². The third-order valence-electron chi connectivity index (χ3n) is 3.47. The number of ether oxygens (including phenoxy) is 2. The van der Waals surface area contributed by atoms with E-state index in [0.717, 1.165) is 0 Å². The number of carboxylic acids is 1. The Hall–Kier alpha value is -3.55. The molecule has 0 unspecified atom stereocenters. The first-order valence-corrected chi connectivity index (χ1v) is 7.36. The highest BCUT2D eigenvalue weighted by Gasteiger charge is 2.16. The number of amides is 2. The summed E-state index contributed by atoms with van der Waals surface area (Å²) in [6, 6.07) is 8.81. The summed E-state index contributed by atoms with van der Waals surface area (Å²) in [5.74, 6) is -0.587. The van der Waals surface area contributed by atoms with Crippen molar-refractivity contribution in [3.63, 3.8) is 0 Å². The van der Waals surface area contributed by atoms with Crippen LogP contribution in [-0.4, -0.2) is 36.6 Å². The molecule has 1 aliphatic rings. The summed E-state index contributed by atoms with van der Waals surface area (Å²) >= 11 is 0. The molecule has 0 radical (unpaired) electrons. The van der Waals surface area contributed by atoms with E-state index in [1.807, 2.05) is 0 Å². The van der Waals surface area contributed by atoms with Gasteiger partial charge < -0.3 is 25.2 Å². The molecule has 3 N–H and O–H groups in total. The monoisotopic (exact) mass is 342 g/mol. The molecular formula is C17H14N2O6. The van der Waals surface area contributed by atoms with E-state index in [9.17, 15) is 14.4 Å². The largest absolute Gasteiger partial charge is 0.486 e. The molecule has 2 aromatic carbocycles. The molecule has 128 valence electrons. The fourth-order valence-corrected chi connectivity index (χ4v) is 2.36. The summed E-state index contributed by atoms with van der Waals surface area (Å²) in [7, 11) is 0. The Labute approximate surface area is 142 Å². The average Bonchev–Trinajstić information content (AvgIpc) is 2.61. The first-order valence-electron chi connectivity index (χ1n) is 7.36. The summed E-state index contributed by atoms with van der Waals surface area (Å²) in [5, 5.41) is 14.1. The number of nitrogens with one attached hydrogen (secondary N) is 2. The SMILES string of the molecule is O=CNc1cc(NC(=O)c2ccc3c(c2)OCCO3)cc(C(=O)O)c1. The van der Waals surface area contributed by atoms with Gasteiger partial charge in [-0.05, 0) is 36.4 Å². The fourth-order valence-electron chi connectivity index (χ4n) is 2.36. The van der Waals surface area contributed by atoms with Crippen LogP contribution in [0.3, 0.4) is 0 Å². The summed E-state index contributed by atoms with van der Waals surface area (Å²) in [6.45, 7) is 0.854. The van der Waals surface area contributed by atoms with E-state index >= 15 is 0 Å². The van der Waals surface area contributed by atoms with Gasteiger partial charge in [-0.3, -0.25) is 9.59 Å². The van der Waals surface area contributed by atoms with Crippen LogP contribution < -0.4 is 20.1 Å². The molecule has 0 aliphatic carbocycles. The number of carbonyl (C=O) groups excluding carboxylic acids is 2. The quantitative estimate of drug-likeness (QED) is 0.716. The molecule has 0 fully saturated rings. The lowest BCUT2D eigenvalue weighted by Crippen LogP contribution is -2.17. The molecule has 0 bridgehead atoms. The molecule has 0 spiro atoms. The third-order valence-corrected chi connectivity index (χ3v) is 3.47. The number of benzene rings is 2. The Balaban J connectivity index is 1.85. The van der Waals surface area contributed by atoms with E-state index < -0.39 is 11.9 Å². The van der Waals surface area contributed by atoms with Crippen LogP contribution in [0.25, 0.3) is 0 Å². The van der Waals surface area contributed by atoms with Crippen molar-refractivity contribution in [1.82, 2.24) is 0 Å². The number of carbonyl (C=O) groups is 3. The van der Waals surface area contributed by atoms with Crippen molar-refractivity contribution in [3.8, 4) is 11.5 Å². The van der Waals surface area contributed by atoms with Gasteiger partial charge in [0, 0.05) is 16.9 Å². The van der Waals surface area contributed by atoms with E-state index in [4.69, 9.17) is 14.6 Å². The molecule has 0 saturated heterocycles. The number of carboxylic acid groups (broad SMARTS) is 1. The second-order valence-electron chi connectivity index (χ2n) is 5.18. The molecule has 3 rings (SSSR count). The number of anilines is 2. The van der Waals surface area contributed by atoms with Crippen LogP contribution in [0.4, 0.5) is 11.4 Å². The smallest absolute Gasteiger partial charge is 0.335 e. The minimum Gasteiger partial charge on any atom is -0.486 e. The van der Waals surface area contributed by atoms with E-state index in [1.54, 1.807) is 18.2 Å². The van der Waals surface area contributed by atoms with E-state index in [-0.39, 0.29) is 16.9 Å². The minimum absolute atomic E-state index is 0.0654. The normalized spacial score (nSPS) is 12.2. The Bertz CT molecular complexity index is 849. The molecule has 0 saturated carbocycles. The number of fused-ring (bicyclic) bond motifs is 1. The zero-order chi connectivity index (χ0) is 17.8. The third kappa shape index (κ3) is 3.69. The lowest BCUT2D eigenvalue weighted by atomic mass is 10.1. The van der Waals surface area contributed by atoms with Gasteiger partial charge in [0.2, 0.25) is 6.41 Å². The van der Waals surface area contributed by atoms with E-state index in [2.05, 4.69) is 10.6 Å². The number of rotatable bonds is 5. The maximum atomic E-state index is 12.4. The number of aromatic carboxylic acids is 1. The van der Waals surface area contributed by atoms with E-state index in [0.29, 0.717) is 36.7 Å². The maximum Gasteiger partial charge on any atom is 0.335 e. The Morgan fingerprint density at radius 2 is 1.68 bits per heavy atom. The molecule has 0 aromatic heterocycles. The van der Waals surface area contributed by atoms with Crippen LogP contribution in [0.1, 0.15) is 20.7 Å². The average molecular weight is 342 g/mol. The van der Waals surface area contributed by atoms with Crippen molar-refractivity contribution in [2.24, 2.45) is 0 Å². The van der Waals surface area contributed by atoms with Crippen LogP contribution in [0.15, 0.2) is 36.4 Å². The van der Waals surface area contributed by atoms with Crippen LogP contribution in [0, 0.1) is 0 Å². The van der Waals surface area contributed by atoms with Crippen molar-refractivity contribution in [3.05, 3.63) is 47.5 Å². The zero-order valence-corrected chi connectivity index (χ0v) is 12.9. The fraction of sp³-hybridized carbons (Fsp3) is 0.118. The van der Waals surface area contributed by atoms with Crippen LogP contribution in [0.2, 0.25) is 0 Å². The summed E-state index contributed by atoms with van der Waals surface area (Å²) < 4.78 is 10.8. The van der Waals surface area contributed by atoms with Gasteiger partial charge in [-0.25, -0.2) is 4.79 Å². The first kappa shape index (κ1) is 16.3. The van der Waals surface area contributed by atoms with Crippen molar-refractivity contribution in [2.75, 3.05) is 23.8 Å². The minimum atomic E-state index is -1.18. The van der Waals surface area contributed by atoms with Crippen molar-refractivity contribution < 1.29 is 29.0 Å². The zero-order valence-electron chi connectivity index (χ0n) is 12.9. The molecule has 8 nitrogen and oxygen atoms in total. The predicted molar refractivity (Wildman–Crippen MR) is 88.5 cm³/mol. The van der Waals surface area contributed by atoms with E-state index in [1.165, 1.54) is 18.2 Å². The molecular weight excluding hydrogens is 328 g/mol. The van der Waals surface area contributed by atoms with Crippen molar-refractivity contribution in [2.45, 2.75) is 0 Å². The number of hydrogen-bond donors (Lipinski definition) is 3. The summed E-state index contributed by atoms with van der Waals surface area (Å²) in [4.78, 5) is 34.1. The first-order chi connectivity index (χ1) is 12.1.